The molecule has 0 spiro atoms. The Labute approximate surface area is 79.6 Å². The van der Waals surface area contributed by atoms with Gasteiger partial charge < -0.3 is 9.84 Å². The van der Waals surface area contributed by atoms with Gasteiger partial charge in [0.05, 0.1) is 0 Å². The summed E-state index contributed by atoms with van der Waals surface area (Å²) in [6.45, 7) is 2.52. The van der Waals surface area contributed by atoms with Crippen molar-refractivity contribution >= 4 is 17.4 Å². The summed E-state index contributed by atoms with van der Waals surface area (Å²) in [6.07, 6.45) is 0. The molecule has 0 radical (unpaired) electrons. The Bertz CT molecular complexity index is 368. The maximum atomic E-state index is 4.89. The second kappa shape index (κ2) is 3.57. The van der Waals surface area contributed by atoms with Crippen molar-refractivity contribution in [1.82, 2.24) is 10.1 Å². The molecule has 0 aliphatic heterocycles. The Morgan fingerprint density at radius 3 is 3.15 bits per heavy atom. The van der Waals surface area contributed by atoms with Gasteiger partial charge in [0.2, 0.25) is 0 Å². The number of aryl methyl sites for hydroxylation is 1. The first-order valence-corrected chi connectivity index (χ1v) is 4.84. The van der Waals surface area contributed by atoms with Crippen molar-refractivity contribution in [3.05, 3.63) is 28.2 Å². The van der Waals surface area contributed by atoms with Crippen LogP contribution in [0.3, 0.4) is 0 Å². The molecule has 2 aromatic rings. The number of aromatic nitrogens is 2. The lowest BCUT2D eigenvalue weighted by Gasteiger charge is -1.96. The van der Waals surface area contributed by atoms with E-state index in [2.05, 4.69) is 26.9 Å². The van der Waals surface area contributed by atoms with Crippen LogP contribution >= 0.6 is 11.3 Å². The van der Waals surface area contributed by atoms with Gasteiger partial charge in [0.1, 0.15) is 0 Å². The summed E-state index contributed by atoms with van der Waals surface area (Å²) in [5, 5.41) is 10.8. The molecular formula is C8H9N3OS. The molecule has 0 atom stereocenters. The molecule has 0 aliphatic carbocycles. The second-order valence-electron chi connectivity index (χ2n) is 2.63. The van der Waals surface area contributed by atoms with Gasteiger partial charge in [-0.2, -0.15) is 16.3 Å². The molecule has 0 amide bonds. The topological polar surface area (TPSA) is 51.0 Å². The van der Waals surface area contributed by atoms with Gasteiger partial charge in [-0.3, -0.25) is 0 Å². The molecular weight excluding hydrogens is 186 g/mol. The molecule has 0 aromatic carbocycles. The summed E-state index contributed by atoms with van der Waals surface area (Å²) < 4.78 is 4.89. The van der Waals surface area contributed by atoms with Crippen LogP contribution in [-0.2, 0) is 6.54 Å². The highest BCUT2D eigenvalue weighted by molar-refractivity contribution is 7.07. The van der Waals surface area contributed by atoms with Crippen LogP contribution in [-0.4, -0.2) is 10.1 Å². The van der Waals surface area contributed by atoms with Crippen molar-refractivity contribution in [1.29, 1.82) is 0 Å². The van der Waals surface area contributed by atoms with Crippen molar-refractivity contribution in [3.63, 3.8) is 0 Å². The zero-order valence-electron chi connectivity index (χ0n) is 7.15. The maximum absolute atomic E-state index is 4.89. The zero-order valence-corrected chi connectivity index (χ0v) is 7.97. The Hall–Kier alpha value is -1.36. The highest BCUT2D eigenvalue weighted by Gasteiger charge is 2.00. The number of hydrogen-bond donors (Lipinski definition) is 1. The van der Waals surface area contributed by atoms with Crippen LogP contribution in [0.2, 0.25) is 0 Å². The van der Waals surface area contributed by atoms with E-state index in [4.69, 9.17) is 4.52 Å². The molecule has 0 saturated carbocycles. The predicted octanol–water partition coefficient (Wildman–Crippen LogP) is 2.05. The minimum Gasteiger partial charge on any atom is -0.334 e. The van der Waals surface area contributed by atoms with Crippen molar-refractivity contribution in [2.75, 3.05) is 5.32 Å². The molecule has 5 heteroatoms. The lowest BCUT2D eigenvalue weighted by atomic mass is 10.3. The van der Waals surface area contributed by atoms with E-state index in [9.17, 15) is 0 Å². The van der Waals surface area contributed by atoms with Crippen LogP contribution in [0.25, 0.3) is 0 Å². The van der Waals surface area contributed by atoms with Crippen LogP contribution in [0.4, 0.5) is 6.01 Å². The summed E-state index contributed by atoms with van der Waals surface area (Å²) in [5.41, 5.74) is 1.22. The van der Waals surface area contributed by atoms with Gasteiger partial charge in [-0.25, -0.2) is 0 Å². The van der Waals surface area contributed by atoms with E-state index in [0.717, 1.165) is 6.54 Å². The first-order valence-electron chi connectivity index (χ1n) is 3.90. The third-order valence-corrected chi connectivity index (χ3v) is 2.28. The van der Waals surface area contributed by atoms with E-state index in [0.29, 0.717) is 11.8 Å². The molecule has 0 saturated heterocycles. The van der Waals surface area contributed by atoms with Gasteiger partial charge in [-0.05, 0) is 29.3 Å². The van der Waals surface area contributed by atoms with Crippen LogP contribution in [0.5, 0.6) is 0 Å². The fraction of sp³-hybridized carbons (Fsp3) is 0.250. The van der Waals surface area contributed by atoms with Crippen LogP contribution in [0.1, 0.15) is 11.4 Å². The predicted molar refractivity (Wildman–Crippen MR) is 50.7 cm³/mol. The van der Waals surface area contributed by atoms with Crippen LogP contribution in [0, 0.1) is 6.92 Å². The Morgan fingerprint density at radius 2 is 2.54 bits per heavy atom. The van der Waals surface area contributed by atoms with Crippen LogP contribution < -0.4 is 5.32 Å². The summed E-state index contributed by atoms with van der Waals surface area (Å²) >= 11 is 1.67. The number of nitrogens with zero attached hydrogens (tertiary/aromatic N) is 2. The number of nitrogens with one attached hydrogen (secondary N) is 1. The van der Waals surface area contributed by atoms with Crippen LogP contribution in [0.15, 0.2) is 21.3 Å². The van der Waals surface area contributed by atoms with E-state index >= 15 is 0 Å². The fourth-order valence-corrected chi connectivity index (χ4v) is 1.61. The molecule has 1 N–H and O–H groups in total. The number of thiophene rings is 1. The molecule has 4 nitrogen and oxygen atoms in total. The lowest BCUT2D eigenvalue weighted by molar-refractivity contribution is 0.425. The van der Waals surface area contributed by atoms with Crippen molar-refractivity contribution in [2.45, 2.75) is 13.5 Å². The lowest BCUT2D eigenvalue weighted by Crippen LogP contribution is -1.97. The third kappa shape index (κ3) is 2.06. The average molecular weight is 195 g/mol. The highest BCUT2D eigenvalue weighted by atomic mass is 32.1. The SMILES string of the molecule is Cc1noc(NCc2ccsc2)n1. The monoisotopic (exact) mass is 195 g/mol. The van der Waals surface area contributed by atoms with Gasteiger partial charge in [-0.15, -0.1) is 0 Å². The molecule has 2 heterocycles. The molecule has 68 valence electrons. The van der Waals surface area contributed by atoms with E-state index in [1.54, 1.807) is 18.3 Å². The summed E-state index contributed by atoms with van der Waals surface area (Å²) in [6, 6.07) is 2.53. The zero-order chi connectivity index (χ0) is 9.10. The summed E-state index contributed by atoms with van der Waals surface area (Å²) in [5.74, 6) is 0.646. The number of rotatable bonds is 3. The molecule has 0 bridgehead atoms. The van der Waals surface area contributed by atoms with Gasteiger partial charge in [0.25, 0.3) is 0 Å². The maximum Gasteiger partial charge on any atom is 0.321 e. The largest absolute Gasteiger partial charge is 0.334 e. The molecule has 2 aromatic heterocycles. The Morgan fingerprint density at radius 1 is 1.62 bits per heavy atom. The van der Waals surface area contributed by atoms with E-state index < -0.39 is 0 Å². The average Bonchev–Trinajstić information content (AvgIpc) is 2.71. The molecule has 0 unspecified atom stereocenters. The quantitative estimate of drug-likeness (QED) is 0.814. The normalized spacial score (nSPS) is 10.2. The van der Waals surface area contributed by atoms with Crippen molar-refractivity contribution < 1.29 is 4.52 Å². The standard InChI is InChI=1S/C8H9N3OS/c1-6-10-8(12-11-6)9-4-7-2-3-13-5-7/h2-3,5H,4H2,1H3,(H,9,10,11). The Balaban J connectivity index is 1.93. The minimum atomic E-state index is 0.476. The van der Waals surface area contributed by atoms with E-state index in [1.807, 2.05) is 5.38 Å². The molecule has 0 aliphatic rings. The van der Waals surface area contributed by atoms with Gasteiger partial charge >= 0.3 is 6.01 Å². The van der Waals surface area contributed by atoms with Gasteiger partial charge in [0.15, 0.2) is 5.82 Å². The Kier molecular flexibility index (Phi) is 2.27. The first-order chi connectivity index (χ1) is 6.34. The highest BCUT2D eigenvalue weighted by Crippen LogP contribution is 2.09. The number of anilines is 1. The smallest absolute Gasteiger partial charge is 0.321 e. The van der Waals surface area contributed by atoms with Gasteiger partial charge in [-0.1, -0.05) is 5.16 Å². The summed E-state index contributed by atoms with van der Waals surface area (Å²) in [4.78, 5) is 4.02. The van der Waals surface area contributed by atoms with Gasteiger partial charge in [0, 0.05) is 6.54 Å². The molecule has 13 heavy (non-hydrogen) atoms. The van der Waals surface area contributed by atoms with E-state index in [1.165, 1.54) is 5.56 Å². The fourth-order valence-electron chi connectivity index (χ4n) is 0.940. The van der Waals surface area contributed by atoms with E-state index in [-0.39, 0.29) is 0 Å². The second-order valence-corrected chi connectivity index (χ2v) is 3.41. The first kappa shape index (κ1) is 8.25. The molecule has 0 fully saturated rings. The van der Waals surface area contributed by atoms with Crippen molar-refractivity contribution in [3.8, 4) is 0 Å². The molecule has 2 rings (SSSR count). The summed E-state index contributed by atoms with van der Waals surface area (Å²) in [7, 11) is 0. The third-order valence-electron chi connectivity index (χ3n) is 1.55. The minimum absolute atomic E-state index is 0.476. The van der Waals surface area contributed by atoms with Crippen molar-refractivity contribution in [2.24, 2.45) is 0 Å². The number of hydrogen-bond acceptors (Lipinski definition) is 5.